The van der Waals surface area contributed by atoms with Gasteiger partial charge < -0.3 is 5.11 Å². The summed E-state index contributed by atoms with van der Waals surface area (Å²) in [5.74, 6) is -0.492. The molecule has 0 radical (unpaired) electrons. The van der Waals surface area contributed by atoms with Gasteiger partial charge >= 0.3 is 0 Å². The third-order valence-corrected chi connectivity index (χ3v) is 3.64. The maximum Gasteiger partial charge on any atom is 0.273 e. The van der Waals surface area contributed by atoms with Crippen molar-refractivity contribution >= 4 is 15.7 Å². The van der Waals surface area contributed by atoms with Gasteiger partial charge in [-0.3, -0.25) is 10.1 Å². The predicted octanol–water partition coefficient (Wildman–Crippen LogP) is 0.395. The van der Waals surface area contributed by atoms with Crippen LogP contribution in [0.15, 0.2) is 24.3 Å². The van der Waals surface area contributed by atoms with Gasteiger partial charge in [-0.25, -0.2) is 13.1 Å². The predicted molar refractivity (Wildman–Crippen MR) is 65.4 cm³/mol. The zero-order valence-corrected chi connectivity index (χ0v) is 10.6. The standard InChI is InChI=1S/C10H14N2O5S/c1-8(6-13)11-18(16,17)7-9-4-2-3-5-10(9)12(14)15/h2-5,8,11,13H,6-7H2,1H3/t8-/m0/s1. The molecule has 0 saturated heterocycles. The van der Waals surface area contributed by atoms with E-state index >= 15 is 0 Å². The molecule has 1 aromatic rings. The topological polar surface area (TPSA) is 110 Å². The molecule has 0 spiro atoms. The van der Waals surface area contributed by atoms with Gasteiger partial charge in [-0.05, 0) is 6.92 Å². The zero-order valence-electron chi connectivity index (χ0n) is 9.74. The van der Waals surface area contributed by atoms with Crippen molar-refractivity contribution in [2.75, 3.05) is 6.61 Å². The number of rotatable bonds is 6. The Morgan fingerprint density at radius 1 is 1.44 bits per heavy atom. The SMILES string of the molecule is C[C@@H](CO)NS(=O)(=O)Cc1ccccc1[N+](=O)[O-]. The lowest BCUT2D eigenvalue weighted by atomic mass is 10.2. The van der Waals surface area contributed by atoms with E-state index in [4.69, 9.17) is 5.11 Å². The number of hydrogen-bond acceptors (Lipinski definition) is 5. The molecule has 0 aliphatic rings. The molecule has 2 N–H and O–H groups in total. The van der Waals surface area contributed by atoms with Gasteiger partial charge in [-0.15, -0.1) is 0 Å². The van der Waals surface area contributed by atoms with Crippen LogP contribution in [0.3, 0.4) is 0 Å². The van der Waals surface area contributed by atoms with Gasteiger partial charge in [-0.1, -0.05) is 18.2 Å². The van der Waals surface area contributed by atoms with E-state index in [9.17, 15) is 18.5 Å². The Bertz CT molecular complexity index is 529. The number of aliphatic hydroxyl groups excluding tert-OH is 1. The number of para-hydroxylation sites is 1. The van der Waals surface area contributed by atoms with Crippen molar-refractivity contribution in [3.8, 4) is 0 Å². The Morgan fingerprint density at radius 3 is 2.61 bits per heavy atom. The minimum atomic E-state index is -3.72. The first-order valence-corrected chi connectivity index (χ1v) is 6.84. The van der Waals surface area contributed by atoms with Crippen molar-refractivity contribution in [2.45, 2.75) is 18.7 Å². The summed E-state index contributed by atoms with van der Waals surface area (Å²) in [6, 6.07) is 5.02. The monoisotopic (exact) mass is 274 g/mol. The lowest BCUT2D eigenvalue weighted by molar-refractivity contribution is -0.385. The maximum absolute atomic E-state index is 11.7. The second-order valence-corrected chi connectivity index (χ2v) is 5.60. The molecular weight excluding hydrogens is 260 g/mol. The molecular formula is C10H14N2O5S. The highest BCUT2D eigenvalue weighted by Crippen LogP contribution is 2.19. The van der Waals surface area contributed by atoms with Crippen molar-refractivity contribution < 1.29 is 18.4 Å². The van der Waals surface area contributed by atoms with Crippen LogP contribution in [0.2, 0.25) is 0 Å². The molecule has 0 unspecified atom stereocenters. The molecule has 0 aromatic heterocycles. The van der Waals surface area contributed by atoms with E-state index in [1.807, 2.05) is 0 Å². The van der Waals surface area contributed by atoms with Crippen molar-refractivity contribution in [2.24, 2.45) is 0 Å². The van der Waals surface area contributed by atoms with Gasteiger partial charge in [0.25, 0.3) is 5.69 Å². The molecule has 1 atom stereocenters. The highest BCUT2D eigenvalue weighted by Gasteiger charge is 2.20. The van der Waals surface area contributed by atoms with Crippen LogP contribution in [0, 0.1) is 10.1 Å². The summed E-state index contributed by atoms with van der Waals surface area (Å²) in [5, 5.41) is 19.5. The molecule has 8 heteroatoms. The summed E-state index contributed by atoms with van der Waals surface area (Å²) >= 11 is 0. The smallest absolute Gasteiger partial charge is 0.273 e. The second kappa shape index (κ2) is 5.89. The number of aliphatic hydroxyl groups is 1. The van der Waals surface area contributed by atoms with E-state index in [-0.39, 0.29) is 17.9 Å². The number of nitrogens with one attached hydrogen (secondary N) is 1. The van der Waals surface area contributed by atoms with Gasteiger partial charge in [0.05, 0.1) is 17.3 Å². The van der Waals surface area contributed by atoms with E-state index in [1.54, 1.807) is 0 Å². The minimum Gasteiger partial charge on any atom is -0.395 e. The number of sulfonamides is 1. The average molecular weight is 274 g/mol. The molecule has 18 heavy (non-hydrogen) atoms. The summed E-state index contributed by atoms with van der Waals surface area (Å²) in [6.45, 7) is 1.16. The van der Waals surface area contributed by atoms with Crippen LogP contribution < -0.4 is 4.72 Å². The van der Waals surface area contributed by atoms with Gasteiger partial charge in [0.15, 0.2) is 0 Å². The number of hydrogen-bond donors (Lipinski definition) is 2. The first kappa shape index (κ1) is 14.6. The largest absolute Gasteiger partial charge is 0.395 e. The molecule has 0 heterocycles. The van der Waals surface area contributed by atoms with Crippen LogP contribution >= 0.6 is 0 Å². The number of nitrogens with zero attached hydrogens (tertiary/aromatic N) is 1. The fourth-order valence-corrected chi connectivity index (χ4v) is 2.83. The Balaban J connectivity index is 2.94. The summed E-state index contributed by atoms with van der Waals surface area (Å²) in [7, 11) is -3.72. The first-order valence-electron chi connectivity index (χ1n) is 5.19. The average Bonchev–Trinajstić information content (AvgIpc) is 2.28. The molecule has 7 nitrogen and oxygen atoms in total. The highest BCUT2D eigenvalue weighted by atomic mass is 32.2. The third-order valence-electron chi connectivity index (χ3n) is 2.19. The Morgan fingerprint density at radius 2 is 2.06 bits per heavy atom. The summed E-state index contributed by atoms with van der Waals surface area (Å²) in [5.41, 5.74) is -0.125. The molecule has 0 aliphatic carbocycles. The van der Waals surface area contributed by atoms with Crippen LogP contribution in [0.25, 0.3) is 0 Å². The number of nitro benzene ring substituents is 1. The molecule has 0 bridgehead atoms. The van der Waals surface area contributed by atoms with E-state index in [2.05, 4.69) is 4.72 Å². The van der Waals surface area contributed by atoms with E-state index in [0.29, 0.717) is 0 Å². The van der Waals surface area contributed by atoms with Crippen LogP contribution in [-0.2, 0) is 15.8 Å². The van der Waals surface area contributed by atoms with Gasteiger partial charge in [0, 0.05) is 17.7 Å². The fourth-order valence-electron chi connectivity index (χ4n) is 1.40. The lowest BCUT2D eigenvalue weighted by Gasteiger charge is -2.11. The quantitative estimate of drug-likeness (QED) is 0.576. The van der Waals surface area contributed by atoms with Gasteiger partial charge in [0.1, 0.15) is 0 Å². The molecule has 100 valence electrons. The first-order chi connectivity index (χ1) is 8.35. The van der Waals surface area contributed by atoms with Crippen molar-refractivity contribution in [3.05, 3.63) is 39.9 Å². The van der Waals surface area contributed by atoms with E-state index < -0.39 is 26.7 Å². The molecule has 0 fully saturated rings. The van der Waals surface area contributed by atoms with Crippen LogP contribution in [-0.4, -0.2) is 31.1 Å². The molecule has 1 rings (SSSR count). The van der Waals surface area contributed by atoms with Crippen molar-refractivity contribution in [1.82, 2.24) is 4.72 Å². The maximum atomic E-state index is 11.7. The third kappa shape index (κ3) is 4.06. The van der Waals surface area contributed by atoms with Crippen LogP contribution in [0.5, 0.6) is 0 Å². The highest BCUT2D eigenvalue weighted by molar-refractivity contribution is 7.88. The molecule has 0 amide bonds. The zero-order chi connectivity index (χ0) is 13.8. The minimum absolute atomic E-state index is 0.111. The summed E-state index contributed by atoms with van der Waals surface area (Å²) in [4.78, 5) is 10.1. The molecule has 1 aromatic carbocycles. The summed E-state index contributed by atoms with van der Waals surface area (Å²) < 4.78 is 25.6. The van der Waals surface area contributed by atoms with Crippen molar-refractivity contribution in [1.29, 1.82) is 0 Å². The Hall–Kier alpha value is -1.51. The molecule has 0 aliphatic heterocycles. The second-order valence-electron chi connectivity index (χ2n) is 3.85. The van der Waals surface area contributed by atoms with Gasteiger partial charge in [0.2, 0.25) is 10.0 Å². The number of benzene rings is 1. The fraction of sp³-hybridized carbons (Fsp3) is 0.400. The lowest BCUT2D eigenvalue weighted by Crippen LogP contribution is -2.35. The van der Waals surface area contributed by atoms with E-state index in [1.165, 1.54) is 31.2 Å². The number of nitro groups is 1. The van der Waals surface area contributed by atoms with Crippen LogP contribution in [0.4, 0.5) is 5.69 Å². The summed E-state index contributed by atoms with van der Waals surface area (Å²) in [6.07, 6.45) is 0. The Kier molecular flexibility index (Phi) is 4.76. The molecule has 0 saturated carbocycles. The van der Waals surface area contributed by atoms with Gasteiger partial charge in [-0.2, -0.15) is 0 Å². The van der Waals surface area contributed by atoms with Crippen molar-refractivity contribution in [3.63, 3.8) is 0 Å². The Labute approximate surface area is 105 Å². The normalized spacial score (nSPS) is 13.2. The van der Waals surface area contributed by atoms with Crippen LogP contribution in [0.1, 0.15) is 12.5 Å². The van der Waals surface area contributed by atoms with E-state index in [0.717, 1.165) is 0 Å².